The number of carbonyl (C=O) groups is 2. The average molecular weight is 336 g/mol. The van der Waals surface area contributed by atoms with Crippen LogP contribution in [0.4, 0.5) is 5.69 Å². The van der Waals surface area contributed by atoms with Crippen molar-refractivity contribution in [3.63, 3.8) is 0 Å². The van der Waals surface area contributed by atoms with E-state index in [9.17, 15) is 9.59 Å². The Hall–Kier alpha value is -3.35. The first-order valence-electron chi connectivity index (χ1n) is 7.86. The van der Waals surface area contributed by atoms with E-state index in [1.54, 1.807) is 36.0 Å². The van der Waals surface area contributed by atoms with Crippen molar-refractivity contribution < 1.29 is 14.3 Å². The Kier molecular flexibility index (Phi) is 3.61. The van der Waals surface area contributed by atoms with Gasteiger partial charge in [-0.3, -0.25) is 9.59 Å². The van der Waals surface area contributed by atoms with E-state index in [2.05, 4.69) is 10.4 Å². The number of anilines is 1. The lowest BCUT2D eigenvalue weighted by molar-refractivity contribution is -0.120. The van der Waals surface area contributed by atoms with Gasteiger partial charge in [-0.1, -0.05) is 6.07 Å². The van der Waals surface area contributed by atoms with Gasteiger partial charge in [0.05, 0.1) is 17.4 Å². The normalized spacial score (nSPS) is 13.5. The minimum atomic E-state index is -0.218. The number of fused-ring (bicyclic) bond motifs is 2. The fourth-order valence-electron chi connectivity index (χ4n) is 2.81. The van der Waals surface area contributed by atoms with Gasteiger partial charge < -0.3 is 15.0 Å². The van der Waals surface area contributed by atoms with Gasteiger partial charge in [0.25, 0.3) is 11.8 Å². The highest BCUT2D eigenvalue weighted by molar-refractivity contribution is 6.00. The summed E-state index contributed by atoms with van der Waals surface area (Å²) in [6.07, 6.45) is 3.60. The Bertz CT molecular complexity index is 979. The Labute approximate surface area is 143 Å². The number of carbonyl (C=O) groups excluding carboxylic acids is 2. The molecule has 4 rings (SSSR count). The molecule has 1 N–H and O–H groups in total. The van der Waals surface area contributed by atoms with Crippen LogP contribution in [0.2, 0.25) is 0 Å². The van der Waals surface area contributed by atoms with E-state index < -0.39 is 0 Å². The first-order valence-corrected chi connectivity index (χ1v) is 7.86. The average Bonchev–Trinajstić information content (AvgIpc) is 3.06. The monoisotopic (exact) mass is 336 g/mol. The fraction of sp³-hybridized carbons (Fsp3) is 0.167. The maximum absolute atomic E-state index is 12.5. The Balaban J connectivity index is 1.53. The third kappa shape index (κ3) is 2.69. The summed E-state index contributed by atoms with van der Waals surface area (Å²) < 4.78 is 7.14. The van der Waals surface area contributed by atoms with Crippen molar-refractivity contribution in [2.45, 2.75) is 6.54 Å². The zero-order valence-electron chi connectivity index (χ0n) is 13.6. The fourth-order valence-corrected chi connectivity index (χ4v) is 2.81. The van der Waals surface area contributed by atoms with E-state index in [4.69, 9.17) is 4.74 Å². The van der Waals surface area contributed by atoms with Crippen LogP contribution in [-0.4, -0.2) is 35.1 Å². The lowest BCUT2D eigenvalue weighted by atomic mass is 10.1. The molecule has 7 heteroatoms. The SMILES string of the molecule is CN1C(=O)COc2ccc(C(=O)NCc3cnn4ccccc34)cc21. The number of benzene rings is 1. The Morgan fingerprint density at radius 2 is 2.20 bits per heavy atom. The van der Waals surface area contributed by atoms with E-state index in [1.807, 2.05) is 24.4 Å². The summed E-state index contributed by atoms with van der Waals surface area (Å²) in [5.74, 6) is 0.238. The molecular weight excluding hydrogens is 320 g/mol. The second-order valence-corrected chi connectivity index (χ2v) is 5.81. The van der Waals surface area contributed by atoms with Crippen molar-refractivity contribution in [1.82, 2.24) is 14.9 Å². The van der Waals surface area contributed by atoms with Gasteiger partial charge in [0, 0.05) is 30.9 Å². The molecule has 0 saturated carbocycles. The summed E-state index contributed by atoms with van der Waals surface area (Å²) in [5.41, 5.74) is 2.95. The van der Waals surface area contributed by atoms with Gasteiger partial charge in [-0.05, 0) is 30.3 Å². The summed E-state index contributed by atoms with van der Waals surface area (Å²) in [6, 6.07) is 10.8. The molecule has 0 aliphatic carbocycles. The van der Waals surface area contributed by atoms with Gasteiger partial charge in [0.1, 0.15) is 5.75 Å². The first-order chi connectivity index (χ1) is 12.1. The molecule has 7 nitrogen and oxygen atoms in total. The predicted octanol–water partition coefficient (Wildman–Crippen LogP) is 1.62. The van der Waals surface area contributed by atoms with Crippen LogP contribution < -0.4 is 15.0 Å². The van der Waals surface area contributed by atoms with Crippen LogP contribution in [0.1, 0.15) is 15.9 Å². The number of hydrogen-bond acceptors (Lipinski definition) is 4. The van der Waals surface area contributed by atoms with Crippen molar-refractivity contribution >= 4 is 23.0 Å². The quantitative estimate of drug-likeness (QED) is 0.788. The molecule has 0 spiro atoms. The number of pyridine rings is 1. The van der Waals surface area contributed by atoms with E-state index in [0.717, 1.165) is 11.1 Å². The van der Waals surface area contributed by atoms with Crippen molar-refractivity contribution in [2.24, 2.45) is 0 Å². The molecule has 3 heterocycles. The van der Waals surface area contributed by atoms with E-state index in [0.29, 0.717) is 23.5 Å². The van der Waals surface area contributed by atoms with Crippen LogP contribution >= 0.6 is 0 Å². The van der Waals surface area contributed by atoms with Gasteiger partial charge in [0.2, 0.25) is 0 Å². The third-order valence-electron chi connectivity index (χ3n) is 4.25. The molecule has 2 amide bonds. The molecule has 0 unspecified atom stereocenters. The largest absolute Gasteiger partial charge is 0.482 e. The minimum absolute atomic E-state index is 0.0176. The highest BCUT2D eigenvalue weighted by atomic mass is 16.5. The topological polar surface area (TPSA) is 75.9 Å². The molecule has 0 bridgehead atoms. The van der Waals surface area contributed by atoms with E-state index in [1.165, 1.54) is 4.90 Å². The van der Waals surface area contributed by atoms with Crippen LogP contribution in [0.15, 0.2) is 48.8 Å². The van der Waals surface area contributed by atoms with E-state index in [-0.39, 0.29) is 18.4 Å². The number of likely N-dealkylation sites (N-methyl/N-ethyl adjacent to an activating group) is 1. The Morgan fingerprint density at radius 1 is 1.32 bits per heavy atom. The summed E-state index contributed by atoms with van der Waals surface area (Å²) in [4.78, 5) is 25.7. The number of nitrogens with one attached hydrogen (secondary N) is 1. The van der Waals surface area contributed by atoms with Crippen LogP contribution in [0.25, 0.3) is 5.52 Å². The van der Waals surface area contributed by atoms with Crippen LogP contribution in [0.5, 0.6) is 5.75 Å². The van der Waals surface area contributed by atoms with Gasteiger partial charge >= 0.3 is 0 Å². The van der Waals surface area contributed by atoms with Gasteiger partial charge in [-0.2, -0.15) is 5.10 Å². The maximum Gasteiger partial charge on any atom is 0.264 e. The number of rotatable bonds is 3. The van der Waals surface area contributed by atoms with Crippen LogP contribution in [-0.2, 0) is 11.3 Å². The second kappa shape index (κ2) is 5.94. The summed E-state index contributed by atoms with van der Waals surface area (Å²) >= 11 is 0. The zero-order chi connectivity index (χ0) is 17.4. The zero-order valence-corrected chi connectivity index (χ0v) is 13.6. The number of ether oxygens (including phenoxy) is 1. The molecule has 25 heavy (non-hydrogen) atoms. The molecule has 2 aromatic heterocycles. The standard InChI is InChI=1S/C18H16N4O3/c1-21-15-8-12(5-6-16(15)25-11-17(21)23)18(24)19-9-13-10-20-22-7-3-2-4-14(13)22/h2-8,10H,9,11H2,1H3,(H,19,24). The molecule has 0 atom stereocenters. The highest BCUT2D eigenvalue weighted by Gasteiger charge is 2.23. The van der Waals surface area contributed by atoms with Crippen LogP contribution in [0.3, 0.4) is 0 Å². The van der Waals surface area contributed by atoms with Crippen molar-refractivity contribution in [1.29, 1.82) is 0 Å². The summed E-state index contributed by atoms with van der Waals surface area (Å²) in [6.45, 7) is 0.387. The van der Waals surface area contributed by atoms with Gasteiger partial charge in [-0.15, -0.1) is 0 Å². The molecule has 0 radical (unpaired) electrons. The molecule has 0 fully saturated rings. The molecule has 1 aliphatic heterocycles. The molecule has 126 valence electrons. The van der Waals surface area contributed by atoms with Crippen molar-refractivity contribution in [3.05, 3.63) is 59.9 Å². The number of hydrogen-bond donors (Lipinski definition) is 1. The van der Waals surface area contributed by atoms with Crippen molar-refractivity contribution in [2.75, 3.05) is 18.6 Å². The molecular formula is C18H16N4O3. The number of aromatic nitrogens is 2. The highest BCUT2D eigenvalue weighted by Crippen LogP contribution is 2.31. The summed E-state index contributed by atoms with van der Waals surface area (Å²) in [5, 5.41) is 7.14. The van der Waals surface area contributed by atoms with Gasteiger partial charge in [0.15, 0.2) is 6.61 Å². The number of nitrogens with zero attached hydrogens (tertiary/aromatic N) is 3. The van der Waals surface area contributed by atoms with E-state index >= 15 is 0 Å². The molecule has 1 aliphatic rings. The first kappa shape index (κ1) is 15.2. The molecule has 1 aromatic carbocycles. The maximum atomic E-state index is 12.5. The molecule has 0 saturated heterocycles. The predicted molar refractivity (Wildman–Crippen MR) is 91.7 cm³/mol. The van der Waals surface area contributed by atoms with Gasteiger partial charge in [-0.25, -0.2) is 4.52 Å². The van der Waals surface area contributed by atoms with Crippen molar-refractivity contribution in [3.8, 4) is 5.75 Å². The lowest BCUT2D eigenvalue weighted by Gasteiger charge is -2.26. The third-order valence-corrected chi connectivity index (χ3v) is 4.25. The summed E-state index contributed by atoms with van der Waals surface area (Å²) in [7, 11) is 1.67. The minimum Gasteiger partial charge on any atom is -0.482 e. The van der Waals surface area contributed by atoms with Crippen LogP contribution in [0, 0.1) is 0 Å². The second-order valence-electron chi connectivity index (χ2n) is 5.81. The number of amides is 2. The molecule has 3 aromatic rings. The lowest BCUT2D eigenvalue weighted by Crippen LogP contribution is -2.35. The smallest absolute Gasteiger partial charge is 0.264 e. The Morgan fingerprint density at radius 3 is 3.08 bits per heavy atom.